The molecule has 0 aliphatic rings. The lowest BCUT2D eigenvalue weighted by Gasteiger charge is -1.98. The molecule has 1 aromatic carbocycles. The lowest BCUT2D eigenvalue weighted by molar-refractivity contribution is -0.141. The first-order chi connectivity index (χ1) is 8.17. The molecule has 0 aromatic heterocycles. The number of esters is 1. The van der Waals surface area contributed by atoms with Crippen molar-refractivity contribution in [3.05, 3.63) is 35.1 Å². The highest BCUT2D eigenvalue weighted by Gasteiger charge is 2.01. The molecule has 0 saturated heterocycles. The van der Waals surface area contributed by atoms with Gasteiger partial charge in [0.05, 0.1) is 12.5 Å². The second-order valence-corrected chi connectivity index (χ2v) is 3.49. The van der Waals surface area contributed by atoms with Crippen LogP contribution in [0, 0.1) is 17.7 Å². The standard InChI is InChI=1S/C13H12ClFO2/c1-2-17-13(16)5-3-4-10-6-7-11(9-14)12(15)8-10/h6-8H,2,5,9H2,1H3. The lowest BCUT2D eigenvalue weighted by Crippen LogP contribution is -2.01. The molecule has 0 aliphatic heterocycles. The van der Waals surface area contributed by atoms with Crippen molar-refractivity contribution in [2.24, 2.45) is 0 Å². The second kappa shape index (κ2) is 6.93. The summed E-state index contributed by atoms with van der Waals surface area (Å²) < 4.78 is 18.0. The zero-order valence-electron chi connectivity index (χ0n) is 9.43. The minimum Gasteiger partial charge on any atom is -0.465 e. The molecule has 0 aliphatic carbocycles. The first-order valence-electron chi connectivity index (χ1n) is 5.16. The van der Waals surface area contributed by atoms with E-state index in [4.69, 9.17) is 16.3 Å². The van der Waals surface area contributed by atoms with Gasteiger partial charge in [-0.15, -0.1) is 11.6 Å². The summed E-state index contributed by atoms with van der Waals surface area (Å²) in [6.07, 6.45) is 0.00666. The predicted octanol–water partition coefficient (Wildman–Crippen LogP) is 2.87. The Hall–Kier alpha value is -1.53. The fourth-order valence-electron chi connectivity index (χ4n) is 1.16. The van der Waals surface area contributed by atoms with Crippen molar-refractivity contribution in [2.75, 3.05) is 6.61 Å². The number of halogens is 2. The van der Waals surface area contributed by atoms with Crippen molar-refractivity contribution in [2.45, 2.75) is 19.2 Å². The molecule has 1 rings (SSSR count). The molecule has 0 radical (unpaired) electrons. The maximum atomic E-state index is 13.3. The van der Waals surface area contributed by atoms with Gasteiger partial charge in [0.25, 0.3) is 0 Å². The zero-order valence-corrected chi connectivity index (χ0v) is 10.2. The van der Waals surface area contributed by atoms with Gasteiger partial charge in [-0.1, -0.05) is 17.9 Å². The quantitative estimate of drug-likeness (QED) is 0.471. The minimum atomic E-state index is -0.386. The number of carbonyl (C=O) groups is 1. The molecule has 0 atom stereocenters. The van der Waals surface area contributed by atoms with Gasteiger partial charge < -0.3 is 4.74 Å². The number of hydrogen-bond acceptors (Lipinski definition) is 2. The van der Waals surface area contributed by atoms with Crippen LogP contribution in [0.25, 0.3) is 0 Å². The van der Waals surface area contributed by atoms with Crippen molar-refractivity contribution < 1.29 is 13.9 Å². The van der Waals surface area contributed by atoms with Crippen molar-refractivity contribution in [3.8, 4) is 11.8 Å². The summed E-state index contributed by atoms with van der Waals surface area (Å²) in [5.41, 5.74) is 0.947. The summed E-state index contributed by atoms with van der Waals surface area (Å²) in [6.45, 7) is 2.06. The molecule has 2 nitrogen and oxygen atoms in total. The number of rotatable bonds is 3. The van der Waals surface area contributed by atoms with E-state index in [1.165, 1.54) is 6.07 Å². The Kier molecular flexibility index (Phi) is 5.51. The van der Waals surface area contributed by atoms with Crippen molar-refractivity contribution >= 4 is 17.6 Å². The van der Waals surface area contributed by atoms with Crippen molar-refractivity contribution in [1.82, 2.24) is 0 Å². The van der Waals surface area contributed by atoms with Gasteiger partial charge in [0.2, 0.25) is 0 Å². The van der Waals surface area contributed by atoms with Gasteiger partial charge >= 0.3 is 5.97 Å². The van der Waals surface area contributed by atoms with Crippen LogP contribution < -0.4 is 0 Å². The van der Waals surface area contributed by atoms with Gasteiger partial charge in [0.15, 0.2) is 0 Å². The van der Waals surface area contributed by atoms with E-state index in [1.807, 2.05) is 0 Å². The zero-order chi connectivity index (χ0) is 12.7. The van der Waals surface area contributed by atoms with Gasteiger partial charge in [-0.25, -0.2) is 4.39 Å². The maximum absolute atomic E-state index is 13.3. The Labute approximate surface area is 105 Å². The number of ether oxygens (including phenoxy) is 1. The largest absolute Gasteiger partial charge is 0.465 e. The van der Waals surface area contributed by atoms with Crippen LogP contribution in [0.4, 0.5) is 4.39 Å². The Morgan fingerprint density at radius 2 is 2.29 bits per heavy atom. The second-order valence-electron chi connectivity index (χ2n) is 3.22. The Bertz CT molecular complexity index is 460. The molecule has 0 N–H and O–H groups in total. The summed E-state index contributed by atoms with van der Waals surface area (Å²) in [5, 5.41) is 0. The summed E-state index contributed by atoms with van der Waals surface area (Å²) in [6, 6.07) is 4.55. The van der Waals surface area contributed by atoms with E-state index >= 15 is 0 Å². The number of benzene rings is 1. The minimum absolute atomic E-state index is 0.00666. The number of carbonyl (C=O) groups excluding carboxylic acids is 1. The van der Waals surface area contributed by atoms with Gasteiger partial charge in [-0.2, -0.15) is 0 Å². The molecular weight excluding hydrogens is 243 g/mol. The molecule has 4 heteroatoms. The lowest BCUT2D eigenvalue weighted by atomic mass is 10.1. The van der Waals surface area contributed by atoms with Crippen molar-refractivity contribution in [1.29, 1.82) is 0 Å². The topological polar surface area (TPSA) is 26.3 Å². The smallest absolute Gasteiger partial charge is 0.317 e. The van der Waals surface area contributed by atoms with Crippen LogP contribution in [0.15, 0.2) is 18.2 Å². The van der Waals surface area contributed by atoms with Crippen LogP contribution in [0.1, 0.15) is 24.5 Å². The molecule has 0 unspecified atom stereocenters. The van der Waals surface area contributed by atoms with E-state index in [2.05, 4.69) is 11.8 Å². The van der Waals surface area contributed by atoms with E-state index in [-0.39, 0.29) is 24.1 Å². The summed E-state index contributed by atoms with van der Waals surface area (Å²) in [4.78, 5) is 11.0. The predicted molar refractivity (Wildman–Crippen MR) is 64.1 cm³/mol. The molecule has 0 saturated carbocycles. The van der Waals surface area contributed by atoms with Crippen LogP contribution >= 0.6 is 11.6 Å². The monoisotopic (exact) mass is 254 g/mol. The number of hydrogen-bond donors (Lipinski definition) is 0. The van der Waals surface area contributed by atoms with Crippen LogP contribution in [0.2, 0.25) is 0 Å². The van der Waals surface area contributed by atoms with Crippen LogP contribution in [0.5, 0.6) is 0 Å². The van der Waals surface area contributed by atoms with E-state index in [9.17, 15) is 9.18 Å². The van der Waals surface area contributed by atoms with E-state index in [0.29, 0.717) is 17.7 Å². The Balaban J connectivity index is 2.66. The first-order valence-corrected chi connectivity index (χ1v) is 5.69. The summed E-state index contributed by atoms with van der Waals surface area (Å²) in [7, 11) is 0. The van der Waals surface area contributed by atoms with Crippen LogP contribution in [-0.2, 0) is 15.4 Å². The molecule has 0 bridgehead atoms. The molecule has 17 heavy (non-hydrogen) atoms. The summed E-state index contributed by atoms with van der Waals surface area (Å²) >= 11 is 5.53. The fraction of sp³-hybridized carbons (Fsp3) is 0.308. The van der Waals surface area contributed by atoms with E-state index in [1.54, 1.807) is 19.1 Å². The van der Waals surface area contributed by atoms with Crippen molar-refractivity contribution in [3.63, 3.8) is 0 Å². The normalized spacial score (nSPS) is 9.35. The van der Waals surface area contributed by atoms with Gasteiger partial charge in [0, 0.05) is 11.1 Å². The Morgan fingerprint density at radius 3 is 2.88 bits per heavy atom. The molecule has 0 fully saturated rings. The van der Waals surface area contributed by atoms with Gasteiger partial charge in [0.1, 0.15) is 12.2 Å². The van der Waals surface area contributed by atoms with Crippen LogP contribution in [0.3, 0.4) is 0 Å². The molecule has 90 valence electrons. The summed E-state index contributed by atoms with van der Waals surface area (Å²) in [5.74, 6) is 4.68. The Morgan fingerprint density at radius 1 is 1.53 bits per heavy atom. The van der Waals surface area contributed by atoms with Gasteiger partial charge in [-0.3, -0.25) is 4.79 Å². The maximum Gasteiger partial charge on any atom is 0.317 e. The number of alkyl halides is 1. The third-order valence-electron chi connectivity index (χ3n) is 1.97. The molecule has 0 heterocycles. The molecule has 0 spiro atoms. The average Bonchev–Trinajstić information content (AvgIpc) is 2.29. The van der Waals surface area contributed by atoms with Crippen LogP contribution in [-0.4, -0.2) is 12.6 Å². The van der Waals surface area contributed by atoms with Gasteiger partial charge in [-0.05, 0) is 19.1 Å². The molecular formula is C13H12ClFO2. The molecule has 0 amide bonds. The highest BCUT2D eigenvalue weighted by atomic mass is 35.5. The fourth-order valence-corrected chi connectivity index (χ4v) is 1.38. The average molecular weight is 255 g/mol. The van der Waals surface area contributed by atoms with E-state index < -0.39 is 0 Å². The first kappa shape index (κ1) is 13.5. The molecule has 1 aromatic rings. The SMILES string of the molecule is CCOC(=O)CC#Cc1ccc(CCl)c(F)c1. The van der Waals surface area contributed by atoms with E-state index in [0.717, 1.165) is 0 Å². The third-order valence-corrected chi connectivity index (χ3v) is 2.26. The highest BCUT2D eigenvalue weighted by Crippen LogP contribution is 2.11. The highest BCUT2D eigenvalue weighted by molar-refractivity contribution is 6.17. The third kappa shape index (κ3) is 4.46.